The fourth-order valence-electron chi connectivity index (χ4n) is 1.54. The minimum atomic E-state index is -0.981. The van der Waals surface area contributed by atoms with E-state index in [2.05, 4.69) is 25.4 Å². The second-order valence-corrected chi connectivity index (χ2v) is 5.61. The SMILES string of the molecule is C=CC(=O)O.C=CC(=O)O.CCCCCCCCCC(=O)O.NCCNCCO.[Na+].[Na+]. The van der Waals surface area contributed by atoms with Crippen molar-refractivity contribution < 1.29 is 93.9 Å². The minimum absolute atomic E-state index is 0. The van der Waals surface area contributed by atoms with E-state index in [0.29, 0.717) is 19.5 Å². The quantitative estimate of drug-likeness (QED) is 0.0855. The summed E-state index contributed by atoms with van der Waals surface area (Å²) in [5.41, 5.74) is 5.13. The summed E-state index contributed by atoms with van der Waals surface area (Å²) in [4.78, 5) is 28.6. The molecule has 0 aliphatic carbocycles. The number of unbranched alkanes of at least 4 members (excludes halogenated alkanes) is 6. The number of hydrogen-bond acceptors (Lipinski definition) is 6. The maximum Gasteiger partial charge on any atom is 1.00 e. The third-order valence-electron chi connectivity index (χ3n) is 2.95. The molecule has 0 spiro atoms. The third kappa shape index (κ3) is 81.6. The van der Waals surface area contributed by atoms with Crippen LogP contribution in [0.3, 0.4) is 0 Å². The largest absolute Gasteiger partial charge is 1.00 e. The summed E-state index contributed by atoms with van der Waals surface area (Å²) in [6.45, 7) is 10.4. The van der Waals surface area contributed by atoms with Crippen LogP contribution in [0.25, 0.3) is 0 Å². The van der Waals surface area contributed by atoms with Gasteiger partial charge in [0, 0.05) is 38.2 Å². The first-order chi connectivity index (χ1) is 13.7. The molecular weight excluding hydrogens is 426 g/mol. The van der Waals surface area contributed by atoms with Crippen LogP contribution in [0.15, 0.2) is 25.3 Å². The van der Waals surface area contributed by atoms with Crippen LogP contribution in [-0.2, 0) is 14.4 Å². The van der Waals surface area contributed by atoms with Gasteiger partial charge in [-0.3, -0.25) is 4.79 Å². The van der Waals surface area contributed by atoms with E-state index in [1.165, 1.54) is 32.1 Å². The van der Waals surface area contributed by atoms with Crippen LogP contribution in [0.2, 0.25) is 0 Å². The molecule has 0 aromatic heterocycles. The standard InChI is InChI=1S/C10H20O2.C4H12N2O.2C3H4O2.2Na/c1-2-3-4-5-6-7-8-9-10(11)12;5-1-2-6-3-4-7;2*1-2-3(4)5;;/h2-9H2,1H3,(H,11,12);6-7H,1-5H2;2*2H,1H2,(H,4,5);;/q;;;;2*+1. The number of aliphatic hydroxyl groups is 1. The van der Waals surface area contributed by atoms with Gasteiger partial charge < -0.3 is 31.5 Å². The smallest absolute Gasteiger partial charge is 0.481 e. The van der Waals surface area contributed by atoms with Crippen LogP contribution in [-0.4, -0.2) is 64.6 Å². The molecule has 0 atom stereocenters. The molecular formula is C20H40N2Na2O7+2. The van der Waals surface area contributed by atoms with Gasteiger partial charge in [0.05, 0.1) is 6.61 Å². The van der Waals surface area contributed by atoms with Gasteiger partial charge in [-0.05, 0) is 6.42 Å². The molecule has 0 heterocycles. The van der Waals surface area contributed by atoms with Crippen LogP contribution in [0, 0.1) is 0 Å². The molecule has 0 bridgehead atoms. The van der Waals surface area contributed by atoms with E-state index in [4.69, 9.17) is 26.2 Å². The summed E-state index contributed by atoms with van der Waals surface area (Å²) < 4.78 is 0. The zero-order valence-corrected chi connectivity index (χ0v) is 23.6. The van der Waals surface area contributed by atoms with Crippen LogP contribution in [0.4, 0.5) is 0 Å². The monoisotopic (exact) mass is 466 g/mol. The van der Waals surface area contributed by atoms with E-state index in [0.717, 1.165) is 31.5 Å². The van der Waals surface area contributed by atoms with Crippen molar-refractivity contribution >= 4 is 17.9 Å². The van der Waals surface area contributed by atoms with Crippen molar-refractivity contribution in [2.45, 2.75) is 58.3 Å². The molecule has 31 heavy (non-hydrogen) atoms. The number of hydrogen-bond donors (Lipinski definition) is 6. The first kappa shape index (κ1) is 44.4. The Kier molecular flexibility index (Phi) is 62.5. The van der Waals surface area contributed by atoms with Crippen molar-refractivity contribution in [3.63, 3.8) is 0 Å². The van der Waals surface area contributed by atoms with Crippen molar-refractivity contribution in [2.24, 2.45) is 5.73 Å². The van der Waals surface area contributed by atoms with Gasteiger partial charge >= 0.3 is 77.0 Å². The summed E-state index contributed by atoms with van der Waals surface area (Å²) in [5.74, 6) is -2.63. The number of nitrogens with two attached hydrogens (primary N) is 1. The summed E-state index contributed by atoms with van der Waals surface area (Å²) in [6.07, 6.45) is 10.3. The maximum atomic E-state index is 10.1. The van der Waals surface area contributed by atoms with Crippen molar-refractivity contribution in [2.75, 3.05) is 26.2 Å². The zero-order valence-electron chi connectivity index (χ0n) is 19.6. The number of carbonyl (C=O) groups is 3. The minimum Gasteiger partial charge on any atom is -0.481 e. The van der Waals surface area contributed by atoms with Gasteiger partial charge in [-0.15, -0.1) is 0 Å². The van der Waals surface area contributed by atoms with Crippen molar-refractivity contribution in [1.82, 2.24) is 5.32 Å². The van der Waals surface area contributed by atoms with Crippen molar-refractivity contribution in [1.29, 1.82) is 0 Å². The molecule has 0 saturated heterocycles. The van der Waals surface area contributed by atoms with Crippen molar-refractivity contribution in [3.8, 4) is 0 Å². The van der Waals surface area contributed by atoms with Crippen LogP contribution >= 0.6 is 0 Å². The zero-order chi connectivity index (χ0) is 23.3. The Labute approximate surface area is 231 Å². The number of nitrogens with one attached hydrogen (secondary N) is 1. The summed E-state index contributed by atoms with van der Waals surface area (Å²) >= 11 is 0. The summed E-state index contributed by atoms with van der Waals surface area (Å²) in [5, 5.41) is 34.7. The fraction of sp³-hybridized carbons (Fsp3) is 0.650. The van der Waals surface area contributed by atoms with Gasteiger partial charge in [0.1, 0.15) is 0 Å². The summed E-state index contributed by atoms with van der Waals surface area (Å²) in [7, 11) is 0. The average Bonchev–Trinajstić information content (AvgIpc) is 2.69. The van der Waals surface area contributed by atoms with E-state index in [9.17, 15) is 14.4 Å². The van der Waals surface area contributed by atoms with E-state index < -0.39 is 17.9 Å². The second-order valence-electron chi connectivity index (χ2n) is 5.61. The normalized spacial score (nSPS) is 8.10. The van der Waals surface area contributed by atoms with E-state index in [1.54, 1.807) is 0 Å². The maximum absolute atomic E-state index is 10.1. The molecule has 172 valence electrons. The van der Waals surface area contributed by atoms with Crippen molar-refractivity contribution in [3.05, 3.63) is 25.3 Å². The van der Waals surface area contributed by atoms with Gasteiger partial charge in [0.15, 0.2) is 0 Å². The molecule has 7 N–H and O–H groups in total. The first-order valence-electron chi connectivity index (χ1n) is 9.67. The molecule has 0 unspecified atom stereocenters. The molecule has 9 nitrogen and oxygen atoms in total. The number of rotatable bonds is 14. The second kappa shape index (κ2) is 43.6. The molecule has 0 aliphatic rings. The summed E-state index contributed by atoms with van der Waals surface area (Å²) in [6, 6.07) is 0. The number of carboxylic acids is 3. The number of carboxylic acid groups (broad SMARTS) is 3. The van der Waals surface area contributed by atoms with Gasteiger partial charge in [0.25, 0.3) is 0 Å². The molecule has 0 saturated carbocycles. The van der Waals surface area contributed by atoms with Gasteiger partial charge in [-0.1, -0.05) is 58.6 Å². The topological polar surface area (TPSA) is 170 Å². The van der Waals surface area contributed by atoms with E-state index >= 15 is 0 Å². The van der Waals surface area contributed by atoms with Crippen LogP contribution in [0.5, 0.6) is 0 Å². The van der Waals surface area contributed by atoms with Gasteiger partial charge in [-0.25, -0.2) is 9.59 Å². The molecule has 0 aromatic carbocycles. The molecule has 0 rings (SSSR count). The Morgan fingerprint density at radius 1 is 0.839 bits per heavy atom. The van der Waals surface area contributed by atoms with Gasteiger partial charge in [-0.2, -0.15) is 0 Å². The average molecular weight is 467 g/mol. The molecule has 0 amide bonds. The van der Waals surface area contributed by atoms with E-state index in [-0.39, 0.29) is 65.7 Å². The Morgan fingerprint density at radius 3 is 1.52 bits per heavy atom. The Morgan fingerprint density at radius 2 is 1.23 bits per heavy atom. The van der Waals surface area contributed by atoms with Gasteiger partial charge in [0.2, 0.25) is 0 Å². The molecule has 0 fully saturated rings. The Hall–Kier alpha value is -0.230. The first-order valence-corrected chi connectivity index (χ1v) is 9.67. The van der Waals surface area contributed by atoms with Crippen LogP contribution < -0.4 is 70.2 Å². The van der Waals surface area contributed by atoms with Crippen LogP contribution in [0.1, 0.15) is 58.3 Å². The predicted octanol–water partition coefficient (Wildman–Crippen LogP) is -3.74. The Bertz CT molecular complexity index is 391. The Balaban J connectivity index is -0.0000000710. The number of aliphatic carboxylic acids is 3. The fourth-order valence-corrected chi connectivity index (χ4v) is 1.54. The molecule has 0 aromatic rings. The molecule has 0 aliphatic heterocycles. The number of aliphatic hydroxyl groups excluding tert-OH is 1. The predicted molar refractivity (Wildman–Crippen MR) is 115 cm³/mol. The molecule has 11 heteroatoms. The van der Waals surface area contributed by atoms with E-state index in [1.807, 2.05) is 0 Å². The third-order valence-corrected chi connectivity index (χ3v) is 2.95. The molecule has 0 radical (unpaired) electrons.